The number of nitrogens with one attached hydrogen (secondary N) is 1. The molecule has 1 amide bonds. The van der Waals surface area contributed by atoms with Crippen LogP contribution in [0.1, 0.15) is 23.7 Å². The SMILES string of the molecule is COCC(C)(CC(=O)O)NC(=O)c1ccc(N(C)c2ccccc2)nc1. The predicted octanol–water partition coefficient (Wildman–Crippen LogP) is 2.46. The zero-order chi connectivity index (χ0) is 19.2. The largest absolute Gasteiger partial charge is 0.481 e. The van der Waals surface area contributed by atoms with Gasteiger partial charge >= 0.3 is 5.97 Å². The molecule has 1 aromatic heterocycles. The Balaban J connectivity index is 2.11. The molecule has 7 nitrogen and oxygen atoms in total. The monoisotopic (exact) mass is 357 g/mol. The van der Waals surface area contributed by atoms with Crippen LogP contribution in [0.25, 0.3) is 0 Å². The van der Waals surface area contributed by atoms with Crippen LogP contribution in [0.4, 0.5) is 11.5 Å². The molecule has 1 atom stereocenters. The van der Waals surface area contributed by atoms with Crippen molar-refractivity contribution in [3.05, 3.63) is 54.2 Å². The van der Waals surface area contributed by atoms with E-state index in [-0.39, 0.29) is 13.0 Å². The molecule has 0 aliphatic heterocycles. The first-order valence-corrected chi connectivity index (χ1v) is 8.13. The number of hydrogen-bond acceptors (Lipinski definition) is 5. The fourth-order valence-electron chi connectivity index (χ4n) is 2.63. The summed E-state index contributed by atoms with van der Waals surface area (Å²) in [6, 6.07) is 13.1. The van der Waals surface area contributed by atoms with Crippen molar-refractivity contribution >= 4 is 23.4 Å². The van der Waals surface area contributed by atoms with Crippen molar-refractivity contribution in [1.82, 2.24) is 10.3 Å². The van der Waals surface area contributed by atoms with Crippen LogP contribution in [0.2, 0.25) is 0 Å². The summed E-state index contributed by atoms with van der Waals surface area (Å²) in [7, 11) is 3.35. The van der Waals surface area contributed by atoms with E-state index in [0.29, 0.717) is 11.4 Å². The molecule has 0 saturated heterocycles. The van der Waals surface area contributed by atoms with E-state index in [9.17, 15) is 9.59 Å². The average molecular weight is 357 g/mol. The molecule has 0 aliphatic rings. The third-order valence-corrected chi connectivity index (χ3v) is 3.92. The number of ether oxygens (including phenoxy) is 1. The van der Waals surface area contributed by atoms with Crippen LogP contribution in [-0.4, -0.2) is 48.3 Å². The molecule has 1 aromatic carbocycles. The maximum Gasteiger partial charge on any atom is 0.305 e. The molecule has 26 heavy (non-hydrogen) atoms. The number of carboxylic acids is 1. The van der Waals surface area contributed by atoms with Crippen molar-refractivity contribution in [1.29, 1.82) is 0 Å². The summed E-state index contributed by atoms with van der Waals surface area (Å²) in [5, 5.41) is 11.8. The fourth-order valence-corrected chi connectivity index (χ4v) is 2.63. The minimum Gasteiger partial charge on any atom is -0.481 e. The normalized spacial score (nSPS) is 12.9. The second-order valence-electron chi connectivity index (χ2n) is 6.32. The minimum atomic E-state index is -1.01. The van der Waals surface area contributed by atoms with Crippen LogP contribution >= 0.6 is 0 Å². The first-order chi connectivity index (χ1) is 12.3. The van der Waals surface area contributed by atoms with Crippen LogP contribution in [0, 0.1) is 0 Å². The van der Waals surface area contributed by atoms with E-state index in [1.807, 2.05) is 42.3 Å². The lowest BCUT2D eigenvalue weighted by molar-refractivity contribution is -0.139. The lowest BCUT2D eigenvalue weighted by Gasteiger charge is -2.28. The van der Waals surface area contributed by atoms with Crippen molar-refractivity contribution in [3.8, 4) is 0 Å². The highest BCUT2D eigenvalue weighted by Crippen LogP contribution is 2.21. The van der Waals surface area contributed by atoms with Gasteiger partial charge in [0.1, 0.15) is 5.82 Å². The van der Waals surface area contributed by atoms with Gasteiger partial charge in [0.15, 0.2) is 0 Å². The number of carboxylic acid groups (broad SMARTS) is 1. The van der Waals surface area contributed by atoms with Crippen molar-refractivity contribution in [2.24, 2.45) is 0 Å². The Hall–Kier alpha value is -2.93. The van der Waals surface area contributed by atoms with E-state index < -0.39 is 17.4 Å². The van der Waals surface area contributed by atoms with Gasteiger partial charge in [0.05, 0.1) is 24.1 Å². The Morgan fingerprint density at radius 2 is 1.92 bits per heavy atom. The maximum absolute atomic E-state index is 12.5. The smallest absolute Gasteiger partial charge is 0.305 e. The van der Waals surface area contributed by atoms with Gasteiger partial charge in [0.25, 0.3) is 5.91 Å². The number of carbonyl (C=O) groups is 2. The van der Waals surface area contributed by atoms with Crippen molar-refractivity contribution in [3.63, 3.8) is 0 Å². The minimum absolute atomic E-state index is 0.0906. The zero-order valence-electron chi connectivity index (χ0n) is 15.1. The predicted molar refractivity (Wildman–Crippen MR) is 98.7 cm³/mol. The van der Waals surface area contributed by atoms with Gasteiger partial charge in [-0.25, -0.2) is 4.98 Å². The summed E-state index contributed by atoms with van der Waals surface area (Å²) in [5.41, 5.74) is 0.325. The van der Waals surface area contributed by atoms with E-state index in [2.05, 4.69) is 10.3 Å². The van der Waals surface area contributed by atoms with Gasteiger partial charge < -0.3 is 20.1 Å². The van der Waals surface area contributed by atoms with Gasteiger partial charge in [-0.3, -0.25) is 9.59 Å². The number of anilines is 2. The molecule has 7 heteroatoms. The number of hydrogen-bond donors (Lipinski definition) is 2. The second-order valence-corrected chi connectivity index (χ2v) is 6.32. The molecule has 2 N–H and O–H groups in total. The van der Waals surface area contributed by atoms with E-state index in [0.717, 1.165) is 5.69 Å². The lowest BCUT2D eigenvalue weighted by Crippen LogP contribution is -2.50. The van der Waals surface area contributed by atoms with Gasteiger partial charge in [-0.2, -0.15) is 0 Å². The molecular formula is C19H23N3O4. The van der Waals surface area contributed by atoms with Gasteiger partial charge in [0.2, 0.25) is 0 Å². The van der Waals surface area contributed by atoms with Gasteiger partial charge in [0, 0.05) is 26.0 Å². The number of carbonyl (C=O) groups excluding carboxylic acids is 1. The Morgan fingerprint density at radius 3 is 2.46 bits per heavy atom. The highest BCUT2D eigenvalue weighted by Gasteiger charge is 2.30. The van der Waals surface area contributed by atoms with Crippen LogP contribution in [0.3, 0.4) is 0 Å². The maximum atomic E-state index is 12.5. The van der Waals surface area contributed by atoms with Crippen LogP contribution in [0.5, 0.6) is 0 Å². The van der Waals surface area contributed by atoms with E-state index in [1.165, 1.54) is 13.3 Å². The van der Waals surface area contributed by atoms with E-state index in [1.54, 1.807) is 19.1 Å². The standard InChI is InChI=1S/C19H23N3O4/c1-19(13-26-3,11-17(23)24)21-18(25)14-9-10-16(20-12-14)22(2)15-7-5-4-6-8-15/h4-10,12H,11,13H2,1-3H3,(H,21,25)(H,23,24). The van der Waals surface area contributed by atoms with Crippen molar-refractivity contribution in [2.45, 2.75) is 18.9 Å². The molecule has 2 rings (SSSR count). The van der Waals surface area contributed by atoms with Crippen molar-refractivity contribution in [2.75, 3.05) is 25.7 Å². The zero-order valence-corrected chi connectivity index (χ0v) is 15.1. The molecular weight excluding hydrogens is 334 g/mol. The number of pyridine rings is 1. The van der Waals surface area contributed by atoms with Gasteiger partial charge in [-0.1, -0.05) is 18.2 Å². The topological polar surface area (TPSA) is 91.8 Å². The second kappa shape index (κ2) is 8.44. The summed E-state index contributed by atoms with van der Waals surface area (Å²) in [5.74, 6) is -0.715. The first-order valence-electron chi connectivity index (χ1n) is 8.13. The Labute approximate surface area is 152 Å². The summed E-state index contributed by atoms with van der Waals surface area (Å²) < 4.78 is 5.04. The summed E-state index contributed by atoms with van der Waals surface area (Å²) >= 11 is 0. The number of methoxy groups -OCH3 is 1. The molecule has 0 fully saturated rings. The van der Waals surface area contributed by atoms with Crippen molar-refractivity contribution < 1.29 is 19.4 Å². The number of nitrogens with zero attached hydrogens (tertiary/aromatic N) is 2. The summed E-state index contributed by atoms with van der Waals surface area (Å²) in [6.45, 7) is 1.72. The quantitative estimate of drug-likeness (QED) is 0.754. The lowest BCUT2D eigenvalue weighted by atomic mass is 9.98. The molecule has 0 aliphatic carbocycles. The van der Waals surface area contributed by atoms with Crippen LogP contribution in [0.15, 0.2) is 48.7 Å². The molecule has 0 spiro atoms. The summed E-state index contributed by atoms with van der Waals surface area (Å²) in [6.07, 6.45) is 1.23. The van der Waals surface area contributed by atoms with E-state index in [4.69, 9.17) is 9.84 Å². The molecule has 1 unspecified atom stereocenters. The average Bonchev–Trinajstić information content (AvgIpc) is 2.61. The number of para-hydroxylation sites is 1. The van der Waals surface area contributed by atoms with Crippen LogP contribution in [-0.2, 0) is 9.53 Å². The molecule has 0 saturated carbocycles. The molecule has 0 radical (unpaired) electrons. The number of amides is 1. The first kappa shape index (κ1) is 19.4. The molecule has 0 bridgehead atoms. The summed E-state index contributed by atoms with van der Waals surface area (Å²) in [4.78, 5) is 29.7. The Bertz CT molecular complexity index is 749. The fraction of sp³-hybridized carbons (Fsp3) is 0.316. The van der Waals surface area contributed by atoms with Gasteiger partial charge in [-0.05, 0) is 31.2 Å². The van der Waals surface area contributed by atoms with E-state index >= 15 is 0 Å². The Morgan fingerprint density at radius 1 is 1.23 bits per heavy atom. The third-order valence-electron chi connectivity index (χ3n) is 3.92. The number of rotatable bonds is 8. The molecule has 1 heterocycles. The third kappa shape index (κ3) is 5.03. The molecule has 2 aromatic rings. The van der Waals surface area contributed by atoms with Crippen LogP contribution < -0.4 is 10.2 Å². The number of benzene rings is 1. The highest BCUT2D eigenvalue weighted by molar-refractivity contribution is 5.95. The number of aliphatic carboxylic acids is 1. The molecule has 138 valence electrons. The number of aromatic nitrogens is 1. The highest BCUT2D eigenvalue weighted by atomic mass is 16.5. The van der Waals surface area contributed by atoms with Gasteiger partial charge in [-0.15, -0.1) is 0 Å². The Kier molecular flexibility index (Phi) is 6.30.